The van der Waals surface area contributed by atoms with Crippen LogP contribution in [0.1, 0.15) is 29.2 Å². The predicted molar refractivity (Wildman–Crippen MR) is 89.7 cm³/mol. The van der Waals surface area contributed by atoms with Crippen LogP contribution in [0.25, 0.3) is 5.70 Å². The van der Waals surface area contributed by atoms with E-state index in [-0.39, 0.29) is 11.9 Å². The molecule has 1 aliphatic heterocycles. The summed E-state index contributed by atoms with van der Waals surface area (Å²) in [6.07, 6.45) is 1.99. The highest BCUT2D eigenvalue weighted by Crippen LogP contribution is 2.38. The summed E-state index contributed by atoms with van der Waals surface area (Å²) in [5, 5.41) is 7.25. The van der Waals surface area contributed by atoms with Crippen LogP contribution in [-0.2, 0) is 6.42 Å². The van der Waals surface area contributed by atoms with Crippen molar-refractivity contribution >= 4 is 23.0 Å². The highest BCUT2D eigenvalue weighted by Gasteiger charge is 2.30. The first-order valence-electron chi connectivity index (χ1n) is 7.36. The Hall–Kier alpha value is -2.20. The van der Waals surface area contributed by atoms with Crippen LogP contribution < -0.4 is 10.6 Å². The van der Waals surface area contributed by atoms with Crippen LogP contribution in [0.15, 0.2) is 54.1 Å². The molecule has 1 atom stereocenters. The monoisotopic (exact) mass is 310 g/mol. The molecule has 4 rings (SSSR count). The van der Waals surface area contributed by atoms with Gasteiger partial charge in [0, 0.05) is 11.3 Å². The molecule has 1 heterocycles. The number of hydrogen-bond donors (Lipinski definition) is 2. The van der Waals surface area contributed by atoms with E-state index in [1.165, 1.54) is 28.8 Å². The van der Waals surface area contributed by atoms with Crippen LogP contribution in [0.5, 0.6) is 0 Å². The van der Waals surface area contributed by atoms with Gasteiger partial charge in [-0.3, -0.25) is 0 Å². The number of nitrogens with one attached hydrogen (secondary N) is 2. The van der Waals surface area contributed by atoms with Crippen molar-refractivity contribution < 1.29 is 4.39 Å². The first kappa shape index (κ1) is 13.5. The van der Waals surface area contributed by atoms with Crippen LogP contribution in [-0.4, -0.2) is 5.11 Å². The molecular weight excluding hydrogens is 295 g/mol. The summed E-state index contributed by atoms with van der Waals surface area (Å²) in [4.78, 5) is 0. The number of halogens is 1. The molecule has 2 aromatic carbocycles. The van der Waals surface area contributed by atoms with Crippen molar-refractivity contribution in [1.29, 1.82) is 0 Å². The lowest BCUT2D eigenvalue weighted by Gasteiger charge is -2.35. The standard InChI is InChI=1S/C18H15FN2S/c19-13-8-5-12(6-9-13)16-15-10-7-11-3-1-2-4-14(11)17(15)21-18(22)20-16/h1-6,8-9,16H,7,10H2,(H2,20,21,22)/t16-/m0/s1. The van der Waals surface area contributed by atoms with Crippen molar-refractivity contribution in [3.63, 3.8) is 0 Å². The lowest BCUT2D eigenvalue weighted by molar-refractivity contribution is 0.622. The summed E-state index contributed by atoms with van der Waals surface area (Å²) in [7, 11) is 0. The van der Waals surface area contributed by atoms with Crippen molar-refractivity contribution in [2.75, 3.05) is 0 Å². The van der Waals surface area contributed by atoms with Gasteiger partial charge in [0.05, 0.1) is 6.04 Å². The molecule has 0 aromatic heterocycles. The highest BCUT2D eigenvalue weighted by molar-refractivity contribution is 7.80. The molecule has 0 bridgehead atoms. The second-order valence-corrected chi connectivity index (χ2v) is 6.05. The summed E-state index contributed by atoms with van der Waals surface area (Å²) < 4.78 is 13.2. The molecule has 4 heteroatoms. The van der Waals surface area contributed by atoms with Gasteiger partial charge in [0.2, 0.25) is 0 Å². The maximum absolute atomic E-state index is 13.2. The summed E-state index contributed by atoms with van der Waals surface area (Å²) >= 11 is 5.38. The van der Waals surface area contributed by atoms with Gasteiger partial charge < -0.3 is 10.6 Å². The first-order valence-corrected chi connectivity index (χ1v) is 7.77. The van der Waals surface area contributed by atoms with Crippen LogP contribution >= 0.6 is 12.2 Å². The fourth-order valence-corrected chi connectivity index (χ4v) is 3.51. The van der Waals surface area contributed by atoms with E-state index in [1.807, 2.05) is 12.1 Å². The molecular formula is C18H15FN2S. The second kappa shape index (κ2) is 5.21. The lowest BCUT2D eigenvalue weighted by Crippen LogP contribution is -2.44. The number of fused-ring (bicyclic) bond motifs is 2. The van der Waals surface area contributed by atoms with E-state index in [0.29, 0.717) is 5.11 Å². The zero-order valence-electron chi connectivity index (χ0n) is 11.9. The molecule has 0 radical (unpaired) electrons. The third-order valence-electron chi connectivity index (χ3n) is 4.34. The molecule has 0 fully saturated rings. The van der Waals surface area contributed by atoms with Crippen LogP contribution in [0.4, 0.5) is 4.39 Å². The van der Waals surface area contributed by atoms with Crippen LogP contribution in [0.2, 0.25) is 0 Å². The molecule has 2 nitrogen and oxygen atoms in total. The van der Waals surface area contributed by atoms with E-state index in [9.17, 15) is 4.39 Å². The maximum Gasteiger partial charge on any atom is 0.171 e. The van der Waals surface area contributed by atoms with Crippen molar-refractivity contribution in [3.05, 3.63) is 76.6 Å². The van der Waals surface area contributed by atoms with E-state index < -0.39 is 0 Å². The molecule has 2 aliphatic rings. The van der Waals surface area contributed by atoms with Gasteiger partial charge in [0.25, 0.3) is 0 Å². The van der Waals surface area contributed by atoms with Gasteiger partial charge in [-0.05, 0) is 53.9 Å². The first-order chi connectivity index (χ1) is 10.7. The maximum atomic E-state index is 13.2. The van der Waals surface area contributed by atoms with E-state index in [2.05, 4.69) is 34.9 Å². The van der Waals surface area contributed by atoms with Gasteiger partial charge >= 0.3 is 0 Å². The van der Waals surface area contributed by atoms with Gasteiger partial charge in [-0.1, -0.05) is 36.4 Å². The van der Waals surface area contributed by atoms with Gasteiger partial charge in [0.1, 0.15) is 5.82 Å². The predicted octanol–water partition coefficient (Wildman–Crippen LogP) is 3.70. The Balaban J connectivity index is 1.84. The number of hydrogen-bond acceptors (Lipinski definition) is 1. The third-order valence-corrected chi connectivity index (χ3v) is 4.56. The van der Waals surface area contributed by atoms with Crippen LogP contribution in [0, 0.1) is 5.82 Å². The minimum absolute atomic E-state index is 0.0118. The van der Waals surface area contributed by atoms with E-state index in [4.69, 9.17) is 12.2 Å². The molecule has 0 spiro atoms. The van der Waals surface area contributed by atoms with Crippen LogP contribution in [0.3, 0.4) is 0 Å². The van der Waals surface area contributed by atoms with E-state index in [0.717, 1.165) is 24.1 Å². The minimum Gasteiger partial charge on any atom is -0.352 e. The zero-order valence-corrected chi connectivity index (χ0v) is 12.7. The Kier molecular flexibility index (Phi) is 3.19. The Morgan fingerprint density at radius 1 is 1.00 bits per heavy atom. The normalized spacial score (nSPS) is 19.9. The molecule has 0 saturated heterocycles. The van der Waals surface area contributed by atoms with E-state index >= 15 is 0 Å². The Labute approximate surface area is 134 Å². The molecule has 22 heavy (non-hydrogen) atoms. The molecule has 0 saturated carbocycles. The highest BCUT2D eigenvalue weighted by atomic mass is 32.1. The number of rotatable bonds is 1. The summed E-state index contributed by atoms with van der Waals surface area (Å²) in [5.74, 6) is -0.219. The third kappa shape index (κ3) is 2.20. The zero-order chi connectivity index (χ0) is 15.1. The fourth-order valence-electron chi connectivity index (χ4n) is 3.29. The Bertz CT molecular complexity index is 780. The molecule has 1 aliphatic carbocycles. The number of thiocarbonyl (C=S) groups is 1. The molecule has 2 N–H and O–H groups in total. The average molecular weight is 310 g/mol. The molecule has 2 aromatic rings. The quantitative estimate of drug-likeness (QED) is 0.785. The Morgan fingerprint density at radius 2 is 1.77 bits per heavy atom. The molecule has 110 valence electrons. The van der Waals surface area contributed by atoms with Crippen molar-refractivity contribution in [3.8, 4) is 0 Å². The Morgan fingerprint density at radius 3 is 2.59 bits per heavy atom. The number of aryl methyl sites for hydroxylation is 1. The summed E-state index contributed by atoms with van der Waals surface area (Å²) in [5.41, 5.74) is 6.01. The molecule has 0 unspecified atom stereocenters. The van der Waals surface area contributed by atoms with Crippen molar-refractivity contribution in [1.82, 2.24) is 10.6 Å². The van der Waals surface area contributed by atoms with Gasteiger partial charge in [-0.25, -0.2) is 4.39 Å². The van der Waals surface area contributed by atoms with Crippen molar-refractivity contribution in [2.24, 2.45) is 0 Å². The second-order valence-electron chi connectivity index (χ2n) is 5.64. The van der Waals surface area contributed by atoms with Gasteiger partial charge in [-0.15, -0.1) is 0 Å². The topological polar surface area (TPSA) is 24.1 Å². The molecule has 0 amide bonds. The van der Waals surface area contributed by atoms with Crippen molar-refractivity contribution in [2.45, 2.75) is 18.9 Å². The number of benzene rings is 2. The summed E-state index contributed by atoms with van der Waals surface area (Å²) in [6.45, 7) is 0. The fraction of sp³-hybridized carbons (Fsp3) is 0.167. The lowest BCUT2D eigenvalue weighted by atomic mass is 9.83. The SMILES string of the molecule is Fc1ccc([C@@H]2NC(=S)NC3=C2CCc2ccccc23)cc1. The summed E-state index contributed by atoms with van der Waals surface area (Å²) in [6, 6.07) is 15.1. The average Bonchev–Trinajstić information content (AvgIpc) is 2.55. The van der Waals surface area contributed by atoms with Gasteiger partial charge in [0.15, 0.2) is 5.11 Å². The largest absolute Gasteiger partial charge is 0.352 e. The minimum atomic E-state index is -0.219. The smallest absolute Gasteiger partial charge is 0.171 e. The van der Waals surface area contributed by atoms with Gasteiger partial charge in [-0.2, -0.15) is 0 Å². The van der Waals surface area contributed by atoms with E-state index in [1.54, 1.807) is 0 Å².